The van der Waals surface area contributed by atoms with Crippen molar-refractivity contribution in [3.8, 4) is 0 Å². The maximum atomic E-state index is 12.1. The highest BCUT2D eigenvalue weighted by molar-refractivity contribution is 5.74. The van der Waals surface area contributed by atoms with Crippen molar-refractivity contribution in [1.29, 1.82) is 0 Å². The van der Waals surface area contributed by atoms with Gasteiger partial charge in [0.2, 0.25) is 0 Å². The van der Waals surface area contributed by atoms with E-state index in [-0.39, 0.29) is 18.2 Å². The standard InChI is InChI=1S/C19H24N4O2/c1-13-20-7-8-23(13)12-15-4-2-3-14(9-15)11-21-19(24)22-17-10-16-5-6-18(17)25-16/h2-4,7-9,16-18H,5-6,10-12H2,1H3,(H2,21,22,24). The number of aromatic nitrogens is 2. The van der Waals surface area contributed by atoms with Gasteiger partial charge in [0.05, 0.1) is 18.2 Å². The fourth-order valence-electron chi connectivity index (χ4n) is 3.80. The Labute approximate surface area is 147 Å². The fraction of sp³-hybridized carbons (Fsp3) is 0.474. The van der Waals surface area contributed by atoms with Crippen molar-refractivity contribution >= 4 is 6.03 Å². The number of carbonyl (C=O) groups is 1. The van der Waals surface area contributed by atoms with Crippen LogP contribution < -0.4 is 10.6 Å². The second-order valence-corrected chi connectivity index (χ2v) is 6.97. The summed E-state index contributed by atoms with van der Waals surface area (Å²) >= 11 is 0. The van der Waals surface area contributed by atoms with Gasteiger partial charge in [0, 0.05) is 25.5 Å². The molecule has 1 aromatic heterocycles. The number of hydrogen-bond donors (Lipinski definition) is 2. The molecule has 0 radical (unpaired) electrons. The molecule has 3 unspecified atom stereocenters. The van der Waals surface area contributed by atoms with Crippen molar-refractivity contribution in [3.05, 3.63) is 53.6 Å². The summed E-state index contributed by atoms with van der Waals surface area (Å²) in [4.78, 5) is 16.4. The molecule has 6 heteroatoms. The van der Waals surface area contributed by atoms with Crippen LogP contribution in [0.5, 0.6) is 0 Å². The van der Waals surface area contributed by atoms with E-state index >= 15 is 0 Å². The van der Waals surface area contributed by atoms with E-state index in [0.717, 1.165) is 37.2 Å². The Morgan fingerprint density at radius 1 is 1.36 bits per heavy atom. The zero-order valence-electron chi connectivity index (χ0n) is 14.4. The van der Waals surface area contributed by atoms with Crippen LogP contribution in [0, 0.1) is 6.92 Å². The topological polar surface area (TPSA) is 68.2 Å². The summed E-state index contributed by atoms with van der Waals surface area (Å²) in [7, 11) is 0. The van der Waals surface area contributed by atoms with Crippen molar-refractivity contribution in [2.45, 2.75) is 57.5 Å². The number of nitrogens with zero attached hydrogens (tertiary/aromatic N) is 2. The lowest BCUT2D eigenvalue weighted by molar-refractivity contribution is 0.0981. The number of aryl methyl sites for hydroxylation is 1. The molecule has 4 rings (SSSR count). The van der Waals surface area contributed by atoms with Crippen molar-refractivity contribution in [1.82, 2.24) is 20.2 Å². The summed E-state index contributed by atoms with van der Waals surface area (Å²) in [5.41, 5.74) is 2.29. The first-order valence-corrected chi connectivity index (χ1v) is 8.93. The maximum Gasteiger partial charge on any atom is 0.315 e. The van der Waals surface area contributed by atoms with Crippen molar-refractivity contribution in [3.63, 3.8) is 0 Å². The summed E-state index contributed by atoms with van der Waals surface area (Å²) in [5.74, 6) is 0.996. The van der Waals surface area contributed by atoms with Crippen molar-refractivity contribution in [2.75, 3.05) is 0 Å². The Hall–Kier alpha value is -2.34. The molecule has 6 nitrogen and oxygen atoms in total. The lowest BCUT2D eigenvalue weighted by Crippen LogP contribution is -2.46. The number of urea groups is 1. The molecule has 3 heterocycles. The number of amides is 2. The molecule has 3 atom stereocenters. The number of fused-ring (bicyclic) bond motifs is 2. The Morgan fingerprint density at radius 3 is 2.96 bits per heavy atom. The second kappa shape index (κ2) is 6.88. The summed E-state index contributed by atoms with van der Waals surface area (Å²) in [6.07, 6.45) is 7.47. The first-order valence-electron chi connectivity index (χ1n) is 8.93. The lowest BCUT2D eigenvalue weighted by Gasteiger charge is -2.20. The third kappa shape index (κ3) is 3.69. The molecular weight excluding hydrogens is 316 g/mol. The van der Waals surface area contributed by atoms with Crippen LogP contribution in [-0.2, 0) is 17.8 Å². The number of carbonyl (C=O) groups excluding carboxylic acids is 1. The average molecular weight is 340 g/mol. The highest BCUT2D eigenvalue weighted by atomic mass is 16.5. The molecule has 0 spiro atoms. The van der Waals surface area contributed by atoms with E-state index in [1.807, 2.05) is 31.5 Å². The zero-order chi connectivity index (χ0) is 17.2. The molecule has 2 aliphatic heterocycles. The molecule has 1 aromatic carbocycles. The predicted octanol–water partition coefficient (Wildman–Crippen LogP) is 2.36. The molecule has 0 saturated carbocycles. The van der Waals surface area contributed by atoms with Gasteiger partial charge < -0.3 is 19.9 Å². The smallest absolute Gasteiger partial charge is 0.315 e. The van der Waals surface area contributed by atoms with Crippen LogP contribution in [-0.4, -0.2) is 33.8 Å². The van der Waals surface area contributed by atoms with Gasteiger partial charge in [-0.3, -0.25) is 0 Å². The van der Waals surface area contributed by atoms with E-state index in [1.54, 1.807) is 0 Å². The number of nitrogens with one attached hydrogen (secondary N) is 2. The minimum atomic E-state index is -0.114. The van der Waals surface area contributed by atoms with Gasteiger partial charge >= 0.3 is 6.03 Å². The third-order valence-electron chi connectivity index (χ3n) is 5.14. The number of ether oxygens (including phenoxy) is 1. The lowest BCUT2D eigenvalue weighted by atomic mass is 9.96. The fourth-order valence-corrected chi connectivity index (χ4v) is 3.80. The molecule has 0 aliphatic carbocycles. The Kier molecular flexibility index (Phi) is 4.44. The molecule has 2 saturated heterocycles. The predicted molar refractivity (Wildman–Crippen MR) is 94.2 cm³/mol. The summed E-state index contributed by atoms with van der Waals surface area (Å²) in [6, 6.07) is 8.33. The number of benzene rings is 1. The van der Waals surface area contributed by atoms with E-state index in [2.05, 4.69) is 32.3 Å². The van der Waals surface area contributed by atoms with Gasteiger partial charge in [-0.15, -0.1) is 0 Å². The molecule has 2 N–H and O–H groups in total. The monoisotopic (exact) mass is 340 g/mol. The molecule has 2 aliphatic rings. The van der Waals surface area contributed by atoms with Crippen LogP contribution in [0.1, 0.15) is 36.2 Å². The van der Waals surface area contributed by atoms with Crippen LogP contribution >= 0.6 is 0 Å². The highest BCUT2D eigenvalue weighted by Crippen LogP contribution is 2.34. The summed E-state index contributed by atoms with van der Waals surface area (Å²) < 4.78 is 7.88. The van der Waals surface area contributed by atoms with Crippen molar-refractivity contribution < 1.29 is 9.53 Å². The molecule has 2 bridgehead atoms. The van der Waals surface area contributed by atoms with Gasteiger partial charge in [-0.1, -0.05) is 24.3 Å². The van der Waals surface area contributed by atoms with Gasteiger partial charge in [-0.25, -0.2) is 9.78 Å². The van der Waals surface area contributed by atoms with Crippen molar-refractivity contribution in [2.24, 2.45) is 0 Å². The first kappa shape index (κ1) is 16.1. The van der Waals surface area contributed by atoms with E-state index in [9.17, 15) is 4.79 Å². The molecular formula is C19H24N4O2. The van der Waals surface area contributed by atoms with Gasteiger partial charge in [-0.05, 0) is 37.3 Å². The normalized spacial score (nSPS) is 24.4. The Bertz CT molecular complexity index is 757. The Balaban J connectivity index is 1.30. The van der Waals surface area contributed by atoms with Crippen LogP contribution in [0.2, 0.25) is 0 Å². The number of rotatable bonds is 5. The first-order chi connectivity index (χ1) is 12.2. The van der Waals surface area contributed by atoms with Gasteiger partial charge in [-0.2, -0.15) is 0 Å². The summed E-state index contributed by atoms with van der Waals surface area (Å²) in [6.45, 7) is 3.30. The van der Waals surface area contributed by atoms with Crippen LogP contribution in [0.15, 0.2) is 36.7 Å². The molecule has 2 fully saturated rings. The highest BCUT2D eigenvalue weighted by Gasteiger charge is 2.41. The largest absolute Gasteiger partial charge is 0.373 e. The van der Waals surface area contributed by atoms with Crippen LogP contribution in [0.4, 0.5) is 4.79 Å². The van der Waals surface area contributed by atoms with E-state index in [1.165, 1.54) is 5.56 Å². The quantitative estimate of drug-likeness (QED) is 0.878. The van der Waals surface area contributed by atoms with Gasteiger partial charge in [0.25, 0.3) is 0 Å². The summed E-state index contributed by atoms with van der Waals surface area (Å²) in [5, 5.41) is 6.01. The van der Waals surface area contributed by atoms with Crippen LogP contribution in [0.3, 0.4) is 0 Å². The minimum Gasteiger partial charge on any atom is -0.373 e. The molecule has 132 valence electrons. The zero-order valence-corrected chi connectivity index (χ0v) is 14.4. The average Bonchev–Trinajstić information content (AvgIpc) is 3.32. The van der Waals surface area contributed by atoms with Gasteiger partial charge in [0.15, 0.2) is 0 Å². The SMILES string of the molecule is Cc1nccn1Cc1cccc(CNC(=O)NC2CC3CCC2O3)c1. The van der Waals surface area contributed by atoms with E-state index < -0.39 is 0 Å². The van der Waals surface area contributed by atoms with E-state index in [4.69, 9.17) is 4.74 Å². The number of imidazole rings is 1. The Morgan fingerprint density at radius 2 is 2.24 bits per heavy atom. The molecule has 2 amide bonds. The second-order valence-electron chi connectivity index (χ2n) is 6.97. The van der Waals surface area contributed by atoms with E-state index in [0.29, 0.717) is 12.6 Å². The minimum absolute atomic E-state index is 0.114. The number of hydrogen-bond acceptors (Lipinski definition) is 3. The molecule has 25 heavy (non-hydrogen) atoms. The van der Waals surface area contributed by atoms with Crippen LogP contribution in [0.25, 0.3) is 0 Å². The molecule has 2 aromatic rings. The van der Waals surface area contributed by atoms with Gasteiger partial charge in [0.1, 0.15) is 5.82 Å². The third-order valence-corrected chi connectivity index (χ3v) is 5.14. The maximum absolute atomic E-state index is 12.1.